The van der Waals surface area contributed by atoms with Crippen LogP contribution in [0.1, 0.15) is 25.3 Å². The highest BCUT2D eigenvalue weighted by molar-refractivity contribution is 8.12. The standard InChI is InChI=1S/C18H17N5OS3/c1-2-3-6-27(24)12-26-17-15(8-19)14(13-9-20-11-21-10-13)7-16(23-17)18-22-4-5-25-18/h4-5,7,9-11H,2-3,6,12H2,1H3. The second-order valence-corrected chi connectivity index (χ2v) is 9.37. The zero-order valence-electron chi connectivity index (χ0n) is 14.7. The quantitative estimate of drug-likeness (QED) is 0.403. The Labute approximate surface area is 169 Å². The van der Waals surface area contributed by atoms with Gasteiger partial charge in [0.05, 0.1) is 5.56 Å². The van der Waals surface area contributed by atoms with Gasteiger partial charge in [0.1, 0.15) is 33.9 Å². The Hall–Kier alpha value is -1.99. The predicted molar refractivity (Wildman–Crippen MR) is 110 cm³/mol. The van der Waals surface area contributed by atoms with E-state index in [1.54, 1.807) is 18.6 Å². The lowest BCUT2D eigenvalue weighted by molar-refractivity contribution is 0.596. The number of unbranched alkanes of at least 4 members (excludes halogenated alkanes) is 1. The molecule has 0 bridgehead atoms. The van der Waals surface area contributed by atoms with Crippen LogP contribution in [-0.2, 0) is 11.2 Å². The summed E-state index contributed by atoms with van der Waals surface area (Å²) in [7, 11) is 0. The van der Waals surface area contributed by atoms with Crippen molar-refractivity contribution in [1.29, 1.82) is 5.26 Å². The zero-order valence-corrected chi connectivity index (χ0v) is 17.1. The van der Waals surface area contributed by atoms with Crippen LogP contribution in [-0.4, -0.2) is 35.3 Å². The number of hydrogen-bond donors (Lipinski definition) is 0. The summed E-state index contributed by atoms with van der Waals surface area (Å²) in [5.74, 6) is 0.664. The highest BCUT2D eigenvalue weighted by Gasteiger charge is 2.19. The van der Waals surface area contributed by atoms with Gasteiger partial charge in [-0.2, -0.15) is 5.26 Å². The van der Waals surface area contributed by atoms with Gasteiger partial charge in [0.25, 0.3) is 0 Å². The number of nitriles is 1. The maximum atomic E-state index is 12.2. The summed E-state index contributed by atoms with van der Waals surface area (Å²) in [5, 5.41) is 13.4. The second-order valence-electron chi connectivity index (χ2n) is 5.57. The van der Waals surface area contributed by atoms with Gasteiger partial charge < -0.3 is 4.55 Å². The monoisotopic (exact) mass is 415 g/mol. The Kier molecular flexibility index (Phi) is 7.18. The van der Waals surface area contributed by atoms with Crippen molar-refractivity contribution in [3.63, 3.8) is 0 Å². The summed E-state index contributed by atoms with van der Waals surface area (Å²) in [6, 6.07) is 4.09. The first-order valence-corrected chi connectivity index (χ1v) is 11.7. The Balaban J connectivity index is 2.00. The molecule has 3 heterocycles. The molecule has 138 valence electrons. The number of nitrogens with zero attached hydrogens (tertiary/aromatic N) is 5. The maximum absolute atomic E-state index is 12.2. The number of aromatic nitrogens is 4. The molecule has 3 rings (SSSR count). The summed E-state index contributed by atoms with van der Waals surface area (Å²) in [4.78, 5) is 17.1. The van der Waals surface area contributed by atoms with E-state index in [4.69, 9.17) is 0 Å². The molecule has 1 unspecified atom stereocenters. The Bertz CT molecular complexity index is 913. The van der Waals surface area contributed by atoms with Gasteiger partial charge in [-0.3, -0.25) is 0 Å². The van der Waals surface area contributed by atoms with Crippen LogP contribution >= 0.6 is 23.1 Å². The third kappa shape index (κ3) is 5.05. The fraction of sp³-hybridized carbons (Fsp3) is 0.278. The topological polar surface area (TPSA) is 98.4 Å². The maximum Gasteiger partial charge on any atom is 0.156 e. The summed E-state index contributed by atoms with van der Waals surface area (Å²) in [6.07, 6.45) is 8.45. The van der Waals surface area contributed by atoms with Crippen LogP contribution in [0.25, 0.3) is 21.8 Å². The number of thioether (sulfide) groups is 1. The first-order chi connectivity index (χ1) is 13.2. The molecule has 27 heavy (non-hydrogen) atoms. The molecule has 3 aromatic rings. The van der Waals surface area contributed by atoms with Crippen LogP contribution < -0.4 is 0 Å². The fourth-order valence-electron chi connectivity index (χ4n) is 2.35. The number of pyridine rings is 1. The molecule has 9 heteroatoms. The van der Waals surface area contributed by atoms with Gasteiger partial charge >= 0.3 is 0 Å². The lowest BCUT2D eigenvalue weighted by Gasteiger charge is -2.13. The van der Waals surface area contributed by atoms with E-state index in [1.807, 2.05) is 11.4 Å². The van der Waals surface area contributed by atoms with Crippen molar-refractivity contribution in [1.82, 2.24) is 19.9 Å². The first-order valence-electron chi connectivity index (χ1n) is 8.31. The molecule has 0 saturated heterocycles. The first kappa shape index (κ1) is 19.8. The minimum absolute atomic E-state index is 0.410. The SMILES string of the molecule is CCCC[S+]([O-])CSc1nc(-c2nccs2)cc(-c2cncnc2)c1C#N. The molecule has 0 N–H and O–H groups in total. The smallest absolute Gasteiger partial charge is 0.156 e. The lowest BCUT2D eigenvalue weighted by Crippen LogP contribution is -2.09. The van der Waals surface area contributed by atoms with Crippen molar-refractivity contribution < 1.29 is 4.55 Å². The van der Waals surface area contributed by atoms with E-state index in [2.05, 4.69) is 32.9 Å². The van der Waals surface area contributed by atoms with E-state index >= 15 is 0 Å². The molecule has 0 spiro atoms. The molecule has 0 amide bonds. The van der Waals surface area contributed by atoms with Crippen LogP contribution in [0.3, 0.4) is 0 Å². The van der Waals surface area contributed by atoms with E-state index in [9.17, 15) is 9.81 Å². The van der Waals surface area contributed by atoms with Crippen LogP contribution in [0.2, 0.25) is 0 Å². The summed E-state index contributed by atoms with van der Waals surface area (Å²) in [6.45, 7) is 2.07. The highest BCUT2D eigenvalue weighted by Crippen LogP contribution is 2.34. The van der Waals surface area contributed by atoms with Crippen molar-refractivity contribution >= 4 is 34.3 Å². The Morgan fingerprint density at radius 1 is 1.33 bits per heavy atom. The molecule has 1 atom stereocenters. The van der Waals surface area contributed by atoms with Gasteiger partial charge in [-0.1, -0.05) is 25.1 Å². The zero-order chi connectivity index (χ0) is 19.1. The van der Waals surface area contributed by atoms with E-state index in [-0.39, 0.29) is 0 Å². The summed E-state index contributed by atoms with van der Waals surface area (Å²) >= 11 is 1.88. The van der Waals surface area contributed by atoms with Crippen LogP contribution in [0.15, 0.2) is 41.4 Å². The van der Waals surface area contributed by atoms with Crippen molar-refractivity contribution in [3.05, 3.63) is 41.9 Å². The van der Waals surface area contributed by atoms with Crippen molar-refractivity contribution in [2.24, 2.45) is 0 Å². The van der Waals surface area contributed by atoms with Crippen LogP contribution in [0.5, 0.6) is 0 Å². The van der Waals surface area contributed by atoms with Gasteiger partial charge in [-0.25, -0.2) is 19.9 Å². The molecule has 0 fully saturated rings. The summed E-state index contributed by atoms with van der Waals surface area (Å²) in [5.41, 5.74) is 2.58. The average molecular weight is 416 g/mol. The van der Waals surface area contributed by atoms with Gasteiger partial charge in [0.2, 0.25) is 0 Å². The third-order valence-electron chi connectivity index (χ3n) is 3.67. The predicted octanol–water partition coefficient (Wildman–Crippen LogP) is 4.13. The third-order valence-corrected chi connectivity index (χ3v) is 7.31. The molecule has 0 aliphatic heterocycles. The molecule has 6 nitrogen and oxygen atoms in total. The lowest BCUT2D eigenvalue weighted by atomic mass is 10.0. The van der Waals surface area contributed by atoms with E-state index < -0.39 is 11.2 Å². The molecule has 0 aliphatic rings. The van der Waals surface area contributed by atoms with Gasteiger partial charge in [-0.15, -0.1) is 11.3 Å². The fourth-order valence-corrected chi connectivity index (χ4v) is 5.46. The minimum Gasteiger partial charge on any atom is -0.616 e. The minimum atomic E-state index is -0.949. The summed E-state index contributed by atoms with van der Waals surface area (Å²) < 4.78 is 12.2. The largest absolute Gasteiger partial charge is 0.616 e. The van der Waals surface area contributed by atoms with E-state index in [0.29, 0.717) is 32.7 Å². The Morgan fingerprint density at radius 2 is 2.15 bits per heavy atom. The highest BCUT2D eigenvalue weighted by atomic mass is 32.3. The number of rotatable bonds is 8. The van der Waals surface area contributed by atoms with E-state index in [0.717, 1.165) is 23.4 Å². The number of thiazole rings is 1. The molecule has 3 aromatic heterocycles. The van der Waals surface area contributed by atoms with Gasteiger partial charge in [0, 0.05) is 35.1 Å². The number of hydrogen-bond acceptors (Lipinski definition) is 8. The van der Waals surface area contributed by atoms with Crippen molar-refractivity contribution in [2.45, 2.75) is 24.8 Å². The molecular formula is C18H17N5OS3. The molecule has 0 saturated carbocycles. The van der Waals surface area contributed by atoms with Crippen molar-refractivity contribution in [3.8, 4) is 27.9 Å². The van der Waals surface area contributed by atoms with Crippen LogP contribution in [0, 0.1) is 11.3 Å². The van der Waals surface area contributed by atoms with Gasteiger partial charge in [-0.05, 0) is 23.7 Å². The van der Waals surface area contributed by atoms with E-state index in [1.165, 1.54) is 29.4 Å². The molecular weight excluding hydrogens is 398 g/mol. The molecule has 0 aliphatic carbocycles. The van der Waals surface area contributed by atoms with Crippen molar-refractivity contribution in [2.75, 3.05) is 10.8 Å². The molecule has 0 radical (unpaired) electrons. The van der Waals surface area contributed by atoms with Gasteiger partial charge in [0.15, 0.2) is 5.08 Å². The second kappa shape index (κ2) is 9.80. The Morgan fingerprint density at radius 3 is 2.81 bits per heavy atom. The average Bonchev–Trinajstić information content (AvgIpc) is 3.25. The normalized spacial score (nSPS) is 11.9. The van der Waals surface area contributed by atoms with Crippen LogP contribution in [0.4, 0.5) is 0 Å². The molecule has 0 aromatic carbocycles.